The molecular weight excluding hydrogens is 297 g/mol. The second-order valence-corrected chi connectivity index (χ2v) is 5.89. The molecular formula is C13H19BrFN3. The van der Waals surface area contributed by atoms with Gasteiger partial charge in [-0.3, -0.25) is 4.99 Å². The maximum atomic E-state index is 13.1. The molecule has 0 aliphatic heterocycles. The van der Waals surface area contributed by atoms with Crippen molar-refractivity contribution in [3.8, 4) is 0 Å². The molecule has 1 aromatic carbocycles. The SMILES string of the molecule is CN=C(NCc1cc(F)ccc1Br)NC(C)(C)C. The fourth-order valence-corrected chi connectivity index (χ4v) is 1.78. The average Bonchev–Trinajstić information content (AvgIpc) is 2.27. The molecule has 18 heavy (non-hydrogen) atoms. The zero-order chi connectivity index (χ0) is 13.8. The zero-order valence-corrected chi connectivity index (χ0v) is 12.7. The number of hydrogen-bond donors (Lipinski definition) is 2. The Morgan fingerprint density at radius 1 is 1.39 bits per heavy atom. The molecule has 0 aliphatic carbocycles. The van der Waals surface area contributed by atoms with Gasteiger partial charge in [0, 0.05) is 23.6 Å². The zero-order valence-electron chi connectivity index (χ0n) is 11.1. The van der Waals surface area contributed by atoms with Crippen LogP contribution in [0.4, 0.5) is 4.39 Å². The van der Waals surface area contributed by atoms with Gasteiger partial charge in [0.15, 0.2) is 5.96 Å². The lowest BCUT2D eigenvalue weighted by molar-refractivity contribution is 0.501. The van der Waals surface area contributed by atoms with Gasteiger partial charge in [-0.1, -0.05) is 15.9 Å². The second-order valence-electron chi connectivity index (χ2n) is 5.04. The van der Waals surface area contributed by atoms with Crippen molar-refractivity contribution in [2.24, 2.45) is 4.99 Å². The molecule has 0 heterocycles. The van der Waals surface area contributed by atoms with Crippen LogP contribution in [0.25, 0.3) is 0 Å². The number of guanidine groups is 1. The number of nitrogens with zero attached hydrogens (tertiary/aromatic N) is 1. The van der Waals surface area contributed by atoms with E-state index in [9.17, 15) is 4.39 Å². The van der Waals surface area contributed by atoms with Gasteiger partial charge in [-0.25, -0.2) is 4.39 Å². The van der Waals surface area contributed by atoms with Gasteiger partial charge in [0.1, 0.15) is 5.82 Å². The van der Waals surface area contributed by atoms with Crippen molar-refractivity contribution in [1.29, 1.82) is 0 Å². The first-order valence-electron chi connectivity index (χ1n) is 5.74. The van der Waals surface area contributed by atoms with Crippen molar-refractivity contribution in [1.82, 2.24) is 10.6 Å². The third-order valence-electron chi connectivity index (χ3n) is 2.17. The fraction of sp³-hybridized carbons (Fsp3) is 0.462. The molecule has 5 heteroatoms. The summed E-state index contributed by atoms with van der Waals surface area (Å²) in [6, 6.07) is 4.63. The fourth-order valence-electron chi connectivity index (χ4n) is 1.39. The van der Waals surface area contributed by atoms with E-state index in [2.05, 4.69) is 52.3 Å². The minimum absolute atomic E-state index is 0.0684. The summed E-state index contributed by atoms with van der Waals surface area (Å²) in [5.41, 5.74) is 0.785. The van der Waals surface area contributed by atoms with E-state index < -0.39 is 0 Å². The molecule has 2 N–H and O–H groups in total. The second kappa shape index (κ2) is 6.18. The van der Waals surface area contributed by atoms with Crippen LogP contribution in [0.15, 0.2) is 27.7 Å². The van der Waals surface area contributed by atoms with Gasteiger partial charge in [0.05, 0.1) is 0 Å². The monoisotopic (exact) mass is 315 g/mol. The Labute approximate surface area is 116 Å². The Morgan fingerprint density at radius 3 is 2.61 bits per heavy atom. The molecule has 0 unspecified atom stereocenters. The number of aliphatic imine (C=N–C) groups is 1. The number of rotatable bonds is 2. The Balaban J connectivity index is 2.66. The molecule has 0 atom stereocenters. The van der Waals surface area contributed by atoms with Crippen molar-refractivity contribution >= 4 is 21.9 Å². The lowest BCUT2D eigenvalue weighted by Crippen LogP contribution is -2.47. The molecule has 0 saturated carbocycles. The Hall–Kier alpha value is -1.10. The van der Waals surface area contributed by atoms with Crippen molar-refractivity contribution in [3.63, 3.8) is 0 Å². The molecule has 100 valence electrons. The van der Waals surface area contributed by atoms with Crippen LogP contribution in [-0.2, 0) is 6.54 Å². The molecule has 0 aliphatic rings. The third-order valence-corrected chi connectivity index (χ3v) is 2.94. The normalized spacial score (nSPS) is 12.4. The van der Waals surface area contributed by atoms with Crippen LogP contribution in [0.1, 0.15) is 26.3 Å². The number of halogens is 2. The summed E-state index contributed by atoms with van der Waals surface area (Å²) in [4.78, 5) is 4.13. The minimum atomic E-state index is -0.242. The van der Waals surface area contributed by atoms with Crippen LogP contribution in [0.2, 0.25) is 0 Å². The van der Waals surface area contributed by atoms with Gasteiger partial charge >= 0.3 is 0 Å². The summed E-state index contributed by atoms with van der Waals surface area (Å²) in [5.74, 6) is 0.451. The van der Waals surface area contributed by atoms with Gasteiger partial charge in [0.2, 0.25) is 0 Å². The van der Waals surface area contributed by atoms with Gasteiger partial charge in [-0.2, -0.15) is 0 Å². The lowest BCUT2D eigenvalue weighted by atomic mass is 10.1. The Morgan fingerprint density at radius 2 is 2.06 bits per heavy atom. The van der Waals surface area contributed by atoms with Gasteiger partial charge < -0.3 is 10.6 Å². The van der Waals surface area contributed by atoms with Crippen molar-refractivity contribution in [2.45, 2.75) is 32.9 Å². The first-order valence-corrected chi connectivity index (χ1v) is 6.54. The number of hydrogen-bond acceptors (Lipinski definition) is 1. The highest BCUT2D eigenvalue weighted by molar-refractivity contribution is 9.10. The molecule has 0 spiro atoms. The summed E-state index contributed by atoms with van der Waals surface area (Å²) >= 11 is 3.40. The minimum Gasteiger partial charge on any atom is -0.352 e. The van der Waals surface area contributed by atoms with E-state index in [0.717, 1.165) is 10.0 Å². The number of nitrogens with one attached hydrogen (secondary N) is 2. The highest BCUT2D eigenvalue weighted by Gasteiger charge is 2.12. The highest BCUT2D eigenvalue weighted by atomic mass is 79.9. The molecule has 0 amide bonds. The van der Waals surface area contributed by atoms with Gasteiger partial charge in [-0.05, 0) is 44.5 Å². The summed E-state index contributed by atoms with van der Waals surface area (Å²) in [6.45, 7) is 6.67. The first-order chi connectivity index (χ1) is 8.31. The lowest BCUT2D eigenvalue weighted by Gasteiger charge is -2.23. The van der Waals surface area contributed by atoms with Crippen molar-refractivity contribution in [2.75, 3.05) is 7.05 Å². The molecule has 1 aromatic rings. The van der Waals surface area contributed by atoms with Gasteiger partial charge in [0.25, 0.3) is 0 Å². The molecule has 3 nitrogen and oxygen atoms in total. The predicted octanol–water partition coefficient (Wildman–Crippen LogP) is 3.05. The third kappa shape index (κ3) is 5.04. The summed E-state index contributed by atoms with van der Waals surface area (Å²) in [7, 11) is 1.71. The van der Waals surface area contributed by atoms with Crippen LogP contribution in [-0.4, -0.2) is 18.5 Å². The van der Waals surface area contributed by atoms with Crippen molar-refractivity contribution < 1.29 is 4.39 Å². The van der Waals surface area contributed by atoms with Crippen LogP contribution >= 0.6 is 15.9 Å². The summed E-state index contributed by atoms with van der Waals surface area (Å²) < 4.78 is 14.0. The summed E-state index contributed by atoms with van der Waals surface area (Å²) in [5, 5.41) is 6.39. The number of benzene rings is 1. The quantitative estimate of drug-likeness (QED) is 0.650. The Kier molecular flexibility index (Phi) is 5.14. The maximum absolute atomic E-state index is 13.1. The maximum Gasteiger partial charge on any atom is 0.191 e. The molecule has 0 saturated heterocycles. The predicted molar refractivity (Wildman–Crippen MR) is 77.2 cm³/mol. The van der Waals surface area contributed by atoms with E-state index in [0.29, 0.717) is 12.5 Å². The van der Waals surface area contributed by atoms with Crippen LogP contribution in [0.3, 0.4) is 0 Å². The highest BCUT2D eigenvalue weighted by Crippen LogP contribution is 2.17. The van der Waals surface area contributed by atoms with Crippen LogP contribution < -0.4 is 10.6 Å². The van der Waals surface area contributed by atoms with Crippen molar-refractivity contribution in [3.05, 3.63) is 34.1 Å². The van der Waals surface area contributed by atoms with E-state index in [1.165, 1.54) is 12.1 Å². The van der Waals surface area contributed by atoms with E-state index in [1.54, 1.807) is 13.1 Å². The van der Waals surface area contributed by atoms with Crippen LogP contribution in [0, 0.1) is 5.82 Å². The largest absolute Gasteiger partial charge is 0.352 e. The summed E-state index contributed by atoms with van der Waals surface area (Å²) in [6.07, 6.45) is 0. The topological polar surface area (TPSA) is 36.4 Å². The van der Waals surface area contributed by atoms with Crippen LogP contribution in [0.5, 0.6) is 0 Å². The first kappa shape index (κ1) is 15.0. The van der Waals surface area contributed by atoms with E-state index in [1.807, 2.05) is 0 Å². The molecule has 0 aromatic heterocycles. The van der Waals surface area contributed by atoms with E-state index in [-0.39, 0.29) is 11.4 Å². The van der Waals surface area contributed by atoms with E-state index >= 15 is 0 Å². The molecule has 1 rings (SSSR count). The molecule has 0 fully saturated rings. The van der Waals surface area contributed by atoms with E-state index in [4.69, 9.17) is 0 Å². The Bertz CT molecular complexity index is 438. The van der Waals surface area contributed by atoms with Gasteiger partial charge in [-0.15, -0.1) is 0 Å². The molecule has 0 bridgehead atoms. The average molecular weight is 316 g/mol. The smallest absolute Gasteiger partial charge is 0.191 e. The molecule has 0 radical (unpaired) electrons. The standard InChI is InChI=1S/C13H19BrFN3/c1-13(2,3)18-12(16-4)17-8-9-7-10(15)5-6-11(9)14/h5-7H,8H2,1-4H3,(H2,16,17,18).